The molecule has 0 aromatic heterocycles. The fourth-order valence-electron chi connectivity index (χ4n) is 4.71. The molecule has 2 fully saturated rings. The number of halogens is 3. The van der Waals surface area contributed by atoms with Crippen LogP contribution in [-0.2, 0) is 0 Å². The summed E-state index contributed by atoms with van der Waals surface area (Å²) in [6.45, 7) is 2.06. The molecule has 0 aliphatic heterocycles. The molecule has 2 aromatic rings. The molecule has 4 atom stereocenters. The molecule has 29 heavy (non-hydrogen) atoms. The highest BCUT2D eigenvalue weighted by molar-refractivity contribution is 7.80. The summed E-state index contributed by atoms with van der Waals surface area (Å²) < 4.78 is 13.1. The van der Waals surface area contributed by atoms with E-state index in [0.717, 1.165) is 24.8 Å². The maximum Gasteiger partial charge on any atom is 0.251 e. The van der Waals surface area contributed by atoms with E-state index in [1.54, 1.807) is 12.1 Å². The number of fused-ring (bicyclic) bond motifs is 1. The molecule has 7 heteroatoms. The van der Waals surface area contributed by atoms with Gasteiger partial charge in [-0.15, -0.1) is 0 Å². The van der Waals surface area contributed by atoms with Crippen LogP contribution in [0.25, 0.3) is 0 Å². The van der Waals surface area contributed by atoms with Crippen molar-refractivity contribution in [3.05, 3.63) is 69.5 Å². The lowest BCUT2D eigenvalue weighted by Crippen LogP contribution is -2.70. The van der Waals surface area contributed by atoms with Crippen molar-refractivity contribution in [1.29, 1.82) is 0 Å². The number of thiocarbonyl (C=S) groups is 1. The van der Waals surface area contributed by atoms with Gasteiger partial charge < -0.3 is 10.6 Å². The first-order valence-electron chi connectivity index (χ1n) is 9.62. The molecule has 2 saturated carbocycles. The Hall–Kier alpha value is -1.69. The second kappa shape index (κ2) is 7.86. The second-order valence-electron chi connectivity index (χ2n) is 7.99. The fourth-order valence-corrected chi connectivity index (χ4v) is 5.28. The highest BCUT2D eigenvalue weighted by Gasteiger charge is 2.62. The lowest BCUT2D eigenvalue weighted by Gasteiger charge is -2.66. The van der Waals surface area contributed by atoms with Crippen LogP contribution in [0.3, 0.4) is 0 Å². The molecular formula is C22H21Cl2FN2OS. The Morgan fingerprint density at radius 1 is 1.17 bits per heavy atom. The Balaban J connectivity index is 1.36. The molecule has 2 aliphatic carbocycles. The summed E-state index contributed by atoms with van der Waals surface area (Å²) in [6.07, 6.45) is 3.14. The number of benzene rings is 2. The molecule has 0 spiro atoms. The maximum atomic E-state index is 13.1. The highest BCUT2D eigenvalue weighted by Crippen LogP contribution is 2.63. The van der Waals surface area contributed by atoms with Crippen molar-refractivity contribution in [2.24, 2.45) is 11.3 Å². The smallest absolute Gasteiger partial charge is 0.251 e. The van der Waals surface area contributed by atoms with E-state index in [4.69, 9.17) is 35.4 Å². The molecule has 2 aromatic carbocycles. The third-order valence-electron chi connectivity index (χ3n) is 6.56. The number of hydrogen-bond donors (Lipinski definition) is 2. The van der Waals surface area contributed by atoms with Crippen LogP contribution in [0.15, 0.2) is 42.5 Å². The number of rotatable bonds is 5. The van der Waals surface area contributed by atoms with Crippen LogP contribution in [0.4, 0.5) is 4.39 Å². The third-order valence-corrected chi connectivity index (χ3v) is 7.65. The van der Waals surface area contributed by atoms with Crippen LogP contribution in [0.5, 0.6) is 0 Å². The quantitative estimate of drug-likeness (QED) is 0.600. The van der Waals surface area contributed by atoms with Gasteiger partial charge in [-0.3, -0.25) is 4.79 Å². The minimum atomic E-state index is -0.349. The van der Waals surface area contributed by atoms with Crippen LogP contribution in [0, 0.1) is 17.2 Å². The molecule has 1 amide bonds. The average Bonchev–Trinajstić information content (AvgIpc) is 2.67. The lowest BCUT2D eigenvalue weighted by atomic mass is 9.42. The first-order chi connectivity index (χ1) is 13.8. The fraction of sp³-hybridized carbons (Fsp3) is 0.364. The lowest BCUT2D eigenvalue weighted by molar-refractivity contribution is -0.121. The summed E-state index contributed by atoms with van der Waals surface area (Å²) in [5, 5.41) is 7.55. The monoisotopic (exact) mass is 450 g/mol. The second-order valence-corrected chi connectivity index (χ2v) is 9.22. The molecule has 2 N–H and O–H groups in total. The highest BCUT2D eigenvalue weighted by atomic mass is 35.5. The summed E-state index contributed by atoms with van der Waals surface area (Å²) in [4.78, 5) is 13.2. The predicted molar refractivity (Wildman–Crippen MR) is 118 cm³/mol. The number of nitrogens with one attached hydrogen (secondary N) is 2. The standard InChI is InChI=1S/C22H21Cl2FN2OS/c1-12(26-20(28)13-2-5-15(25)6-3-13)22-9-8-16(22)19(11-22)27-21(29)14-4-7-17(23)18(24)10-14/h2-7,10,12,16,19H,8-9,11H2,1H3,(H,26,28)(H,27,29). The zero-order valence-corrected chi connectivity index (χ0v) is 18.2. The first kappa shape index (κ1) is 20.6. The molecule has 2 aliphatic rings. The summed E-state index contributed by atoms with van der Waals surface area (Å²) in [7, 11) is 0. The largest absolute Gasteiger partial charge is 0.373 e. The zero-order chi connectivity index (χ0) is 20.8. The van der Waals surface area contributed by atoms with Gasteiger partial charge in [0.05, 0.1) is 10.0 Å². The van der Waals surface area contributed by atoms with E-state index in [0.29, 0.717) is 26.5 Å². The van der Waals surface area contributed by atoms with Gasteiger partial charge in [0, 0.05) is 23.2 Å². The minimum Gasteiger partial charge on any atom is -0.373 e. The van der Waals surface area contributed by atoms with Crippen molar-refractivity contribution in [2.45, 2.75) is 38.3 Å². The Morgan fingerprint density at radius 3 is 2.45 bits per heavy atom. The van der Waals surface area contributed by atoms with Gasteiger partial charge in [0.25, 0.3) is 5.91 Å². The molecule has 0 heterocycles. The number of carbonyl (C=O) groups excluding carboxylic acids is 1. The Morgan fingerprint density at radius 2 is 1.86 bits per heavy atom. The predicted octanol–water partition coefficient (Wildman–Crippen LogP) is 5.38. The van der Waals surface area contributed by atoms with Gasteiger partial charge in [0.2, 0.25) is 0 Å². The van der Waals surface area contributed by atoms with Crippen molar-refractivity contribution in [1.82, 2.24) is 10.6 Å². The van der Waals surface area contributed by atoms with Crippen molar-refractivity contribution < 1.29 is 9.18 Å². The van der Waals surface area contributed by atoms with E-state index in [-0.39, 0.29) is 29.2 Å². The Bertz CT molecular complexity index is 968. The SMILES string of the molecule is CC(NC(=O)c1ccc(F)cc1)C12CCC1C(NC(=S)c1ccc(Cl)c(Cl)c1)C2. The van der Waals surface area contributed by atoms with Crippen molar-refractivity contribution >= 4 is 46.3 Å². The van der Waals surface area contributed by atoms with Crippen LogP contribution < -0.4 is 10.6 Å². The molecular weight excluding hydrogens is 430 g/mol. The molecule has 0 bridgehead atoms. The maximum absolute atomic E-state index is 13.1. The minimum absolute atomic E-state index is 0.0374. The molecule has 152 valence electrons. The molecule has 3 nitrogen and oxygen atoms in total. The van der Waals surface area contributed by atoms with E-state index < -0.39 is 0 Å². The van der Waals surface area contributed by atoms with Crippen LogP contribution in [0.2, 0.25) is 10.0 Å². The molecule has 0 radical (unpaired) electrons. The van der Waals surface area contributed by atoms with Gasteiger partial charge >= 0.3 is 0 Å². The van der Waals surface area contributed by atoms with Gasteiger partial charge in [-0.2, -0.15) is 0 Å². The van der Waals surface area contributed by atoms with Crippen molar-refractivity contribution in [3.63, 3.8) is 0 Å². The Kier molecular flexibility index (Phi) is 5.58. The van der Waals surface area contributed by atoms with E-state index in [9.17, 15) is 9.18 Å². The Labute approximate surface area is 185 Å². The van der Waals surface area contributed by atoms with E-state index in [1.165, 1.54) is 24.3 Å². The number of amides is 1. The summed E-state index contributed by atoms with van der Waals surface area (Å²) in [6, 6.07) is 11.3. The van der Waals surface area contributed by atoms with Gasteiger partial charge in [0.1, 0.15) is 10.8 Å². The van der Waals surface area contributed by atoms with Gasteiger partial charge in [-0.25, -0.2) is 4.39 Å². The normalized spacial score (nSPS) is 25.8. The molecule has 4 rings (SSSR count). The van der Waals surface area contributed by atoms with Gasteiger partial charge in [0.15, 0.2) is 0 Å². The third kappa shape index (κ3) is 3.76. The van der Waals surface area contributed by atoms with E-state index in [1.807, 2.05) is 6.07 Å². The number of carbonyl (C=O) groups is 1. The zero-order valence-electron chi connectivity index (χ0n) is 15.8. The topological polar surface area (TPSA) is 41.1 Å². The van der Waals surface area contributed by atoms with Crippen molar-refractivity contribution in [3.8, 4) is 0 Å². The summed E-state index contributed by atoms with van der Waals surface area (Å²) >= 11 is 17.6. The van der Waals surface area contributed by atoms with Crippen molar-refractivity contribution in [2.75, 3.05) is 0 Å². The summed E-state index contributed by atoms with van der Waals surface area (Å²) in [5.74, 6) is -0.0508. The number of hydrogen-bond acceptors (Lipinski definition) is 2. The summed E-state index contributed by atoms with van der Waals surface area (Å²) in [5.41, 5.74) is 1.42. The van der Waals surface area contributed by atoms with Crippen LogP contribution in [-0.4, -0.2) is 23.0 Å². The molecule has 4 unspecified atom stereocenters. The van der Waals surface area contributed by atoms with Crippen LogP contribution >= 0.6 is 35.4 Å². The van der Waals surface area contributed by atoms with Gasteiger partial charge in [-0.05, 0) is 73.9 Å². The van der Waals surface area contributed by atoms with E-state index >= 15 is 0 Å². The first-order valence-corrected chi connectivity index (χ1v) is 10.8. The average molecular weight is 451 g/mol. The molecule has 0 saturated heterocycles. The van der Waals surface area contributed by atoms with Crippen LogP contribution in [0.1, 0.15) is 42.1 Å². The van der Waals surface area contributed by atoms with Gasteiger partial charge in [-0.1, -0.05) is 41.5 Å². The van der Waals surface area contributed by atoms with E-state index in [2.05, 4.69) is 17.6 Å².